The highest BCUT2D eigenvalue weighted by molar-refractivity contribution is 5.88. The Labute approximate surface area is 110 Å². The number of carbonyl (C=O) groups is 2. The molecular weight excluding hydrogens is 246 g/mol. The Balaban J connectivity index is 1.59. The molecule has 0 amide bonds. The van der Waals surface area contributed by atoms with Crippen LogP contribution >= 0.6 is 0 Å². The molecule has 2 unspecified atom stereocenters. The Bertz CT molecular complexity index is 515. The number of carbonyl (C=O) groups excluding carboxylic acids is 1. The summed E-state index contributed by atoms with van der Waals surface area (Å²) in [7, 11) is 0. The van der Waals surface area contributed by atoms with Gasteiger partial charge in [0.1, 0.15) is 18.2 Å². The number of hydrogen-bond donors (Lipinski definition) is 2. The molecular formula is C14H15NO4. The minimum atomic E-state index is -0.901. The maximum Gasteiger partial charge on any atom is 0.326 e. The third-order valence-electron chi connectivity index (χ3n) is 3.93. The molecule has 3 atom stereocenters. The van der Waals surface area contributed by atoms with Gasteiger partial charge in [-0.25, -0.2) is 0 Å². The van der Waals surface area contributed by atoms with E-state index in [0.29, 0.717) is 12.8 Å². The number of esters is 1. The second kappa shape index (κ2) is 4.35. The van der Waals surface area contributed by atoms with E-state index in [-0.39, 0.29) is 18.5 Å². The van der Waals surface area contributed by atoms with Crippen molar-refractivity contribution < 1.29 is 19.4 Å². The topological polar surface area (TPSA) is 75.6 Å². The monoisotopic (exact) mass is 261 g/mol. The summed E-state index contributed by atoms with van der Waals surface area (Å²) in [5.74, 6) is -1.12. The number of aliphatic carboxylic acids is 1. The molecule has 3 rings (SSSR count). The second-order valence-electron chi connectivity index (χ2n) is 5.20. The molecule has 0 radical (unpaired) electrons. The molecule has 5 nitrogen and oxygen atoms in total. The Morgan fingerprint density at radius 3 is 2.74 bits per heavy atom. The van der Waals surface area contributed by atoms with E-state index in [2.05, 4.69) is 5.32 Å². The van der Waals surface area contributed by atoms with Gasteiger partial charge < -0.3 is 9.84 Å². The number of ether oxygens (including phenoxy) is 1. The molecule has 1 saturated heterocycles. The van der Waals surface area contributed by atoms with Crippen molar-refractivity contribution in [2.45, 2.75) is 31.0 Å². The molecule has 0 aromatic heterocycles. The molecule has 1 aromatic rings. The predicted molar refractivity (Wildman–Crippen MR) is 66.3 cm³/mol. The van der Waals surface area contributed by atoms with E-state index in [1.54, 1.807) is 0 Å². The van der Waals surface area contributed by atoms with Crippen LogP contribution in [0.15, 0.2) is 30.3 Å². The number of carboxylic acids is 1. The van der Waals surface area contributed by atoms with Crippen molar-refractivity contribution >= 4 is 11.9 Å². The minimum Gasteiger partial charge on any atom is -0.480 e. The second-order valence-corrected chi connectivity index (χ2v) is 5.20. The fraction of sp³-hybridized carbons (Fsp3) is 0.429. The van der Waals surface area contributed by atoms with Gasteiger partial charge in [-0.1, -0.05) is 30.3 Å². The molecule has 100 valence electrons. The lowest BCUT2D eigenvalue weighted by Crippen LogP contribution is -2.45. The van der Waals surface area contributed by atoms with Gasteiger partial charge in [0.25, 0.3) is 0 Å². The number of piperidine rings is 1. The number of carboxylic acid groups (broad SMARTS) is 1. The molecule has 19 heavy (non-hydrogen) atoms. The number of benzene rings is 1. The lowest BCUT2D eigenvalue weighted by molar-refractivity contribution is -0.149. The maximum absolute atomic E-state index is 12.1. The number of nitrogens with one attached hydrogen (secondary N) is 1. The molecule has 2 aliphatic rings. The molecule has 1 aliphatic heterocycles. The first-order valence-corrected chi connectivity index (χ1v) is 6.33. The molecule has 1 saturated carbocycles. The first-order valence-electron chi connectivity index (χ1n) is 6.33. The Morgan fingerprint density at radius 2 is 2.11 bits per heavy atom. The van der Waals surface area contributed by atoms with Gasteiger partial charge in [-0.15, -0.1) is 0 Å². The van der Waals surface area contributed by atoms with Gasteiger partial charge in [0.05, 0.1) is 0 Å². The fourth-order valence-electron chi connectivity index (χ4n) is 2.77. The average molecular weight is 261 g/mol. The lowest BCUT2D eigenvalue weighted by atomic mass is 10.2. The SMILES string of the molecule is O=C(O)C1CC2C[C@]2(C(=O)OCc2ccccc2)N1. The Morgan fingerprint density at radius 1 is 1.37 bits per heavy atom. The number of rotatable bonds is 4. The van der Waals surface area contributed by atoms with Crippen molar-refractivity contribution in [2.24, 2.45) is 5.92 Å². The van der Waals surface area contributed by atoms with Crippen molar-refractivity contribution in [1.29, 1.82) is 0 Å². The average Bonchev–Trinajstić information content (AvgIpc) is 2.99. The minimum absolute atomic E-state index is 0.108. The summed E-state index contributed by atoms with van der Waals surface area (Å²) in [5, 5.41) is 11.8. The zero-order valence-electron chi connectivity index (χ0n) is 10.3. The number of fused-ring (bicyclic) bond motifs is 1. The molecule has 2 N–H and O–H groups in total. The van der Waals surface area contributed by atoms with Gasteiger partial charge in [0, 0.05) is 0 Å². The molecule has 0 bridgehead atoms. The fourth-order valence-corrected chi connectivity index (χ4v) is 2.77. The van der Waals surface area contributed by atoms with Gasteiger partial charge in [-0.3, -0.25) is 14.9 Å². The number of hydrogen-bond acceptors (Lipinski definition) is 4. The zero-order chi connectivity index (χ0) is 13.5. The highest BCUT2D eigenvalue weighted by Crippen LogP contribution is 2.52. The largest absolute Gasteiger partial charge is 0.480 e. The van der Waals surface area contributed by atoms with E-state index in [1.807, 2.05) is 30.3 Å². The van der Waals surface area contributed by atoms with E-state index in [0.717, 1.165) is 5.56 Å². The molecule has 5 heteroatoms. The summed E-state index contributed by atoms with van der Waals surface area (Å²) < 4.78 is 5.29. The molecule has 1 aliphatic carbocycles. The van der Waals surface area contributed by atoms with Crippen molar-refractivity contribution in [3.8, 4) is 0 Å². The normalized spacial score (nSPS) is 31.6. The zero-order valence-corrected chi connectivity index (χ0v) is 10.3. The van der Waals surface area contributed by atoms with Gasteiger partial charge in [-0.2, -0.15) is 0 Å². The van der Waals surface area contributed by atoms with Crippen molar-refractivity contribution in [2.75, 3.05) is 0 Å². The van der Waals surface area contributed by atoms with Crippen molar-refractivity contribution in [1.82, 2.24) is 5.32 Å². The summed E-state index contributed by atoms with van der Waals surface area (Å²) in [4.78, 5) is 23.0. The van der Waals surface area contributed by atoms with Crippen LogP contribution in [0.5, 0.6) is 0 Å². The van der Waals surface area contributed by atoms with Crippen LogP contribution < -0.4 is 5.32 Å². The highest BCUT2D eigenvalue weighted by atomic mass is 16.5. The predicted octanol–water partition coefficient (Wildman–Crippen LogP) is 0.935. The van der Waals surface area contributed by atoms with Crippen LogP contribution in [0.25, 0.3) is 0 Å². The van der Waals surface area contributed by atoms with Gasteiger partial charge in [0.15, 0.2) is 0 Å². The molecule has 0 spiro atoms. The van der Waals surface area contributed by atoms with Crippen molar-refractivity contribution in [3.63, 3.8) is 0 Å². The summed E-state index contributed by atoms with van der Waals surface area (Å²) >= 11 is 0. The van der Waals surface area contributed by atoms with Crippen LogP contribution in [-0.2, 0) is 20.9 Å². The first kappa shape index (κ1) is 12.2. The molecule has 2 fully saturated rings. The smallest absolute Gasteiger partial charge is 0.326 e. The van der Waals surface area contributed by atoms with E-state index in [9.17, 15) is 9.59 Å². The van der Waals surface area contributed by atoms with E-state index in [4.69, 9.17) is 9.84 Å². The van der Waals surface area contributed by atoms with Crippen molar-refractivity contribution in [3.05, 3.63) is 35.9 Å². The van der Waals surface area contributed by atoms with E-state index < -0.39 is 17.6 Å². The van der Waals surface area contributed by atoms with Gasteiger partial charge >= 0.3 is 11.9 Å². The van der Waals surface area contributed by atoms with Gasteiger partial charge in [0.2, 0.25) is 0 Å². The van der Waals surface area contributed by atoms with Crippen LogP contribution in [0.4, 0.5) is 0 Å². The summed E-state index contributed by atoms with van der Waals surface area (Å²) in [6.45, 7) is 0.230. The van der Waals surface area contributed by atoms with Crippen LogP contribution in [0.3, 0.4) is 0 Å². The molecule has 1 aromatic carbocycles. The van der Waals surface area contributed by atoms with Crippen LogP contribution in [0.1, 0.15) is 18.4 Å². The summed E-state index contributed by atoms with van der Waals surface area (Å²) in [6, 6.07) is 8.82. The third kappa shape index (κ3) is 2.10. The highest BCUT2D eigenvalue weighted by Gasteiger charge is 2.67. The Hall–Kier alpha value is -1.88. The van der Waals surface area contributed by atoms with E-state index in [1.165, 1.54) is 0 Å². The van der Waals surface area contributed by atoms with Gasteiger partial charge in [-0.05, 0) is 24.3 Å². The van der Waals surface area contributed by atoms with Crippen LogP contribution in [-0.4, -0.2) is 28.6 Å². The summed E-state index contributed by atoms with van der Waals surface area (Å²) in [6.07, 6.45) is 1.19. The third-order valence-corrected chi connectivity index (χ3v) is 3.93. The molecule has 1 heterocycles. The first-order chi connectivity index (χ1) is 9.12. The van der Waals surface area contributed by atoms with E-state index >= 15 is 0 Å². The maximum atomic E-state index is 12.1. The standard InChI is InChI=1S/C14H15NO4/c16-12(17)11-6-10-7-14(10,15-11)13(18)19-8-9-4-2-1-3-5-9/h1-5,10-11,15H,6-8H2,(H,16,17)/t10?,11?,14-/m0/s1. The lowest BCUT2D eigenvalue weighted by Gasteiger charge is -2.15. The van der Waals surface area contributed by atoms with Crippen LogP contribution in [0, 0.1) is 5.92 Å². The van der Waals surface area contributed by atoms with Crippen LogP contribution in [0.2, 0.25) is 0 Å². The Kier molecular flexibility index (Phi) is 2.78. The quantitative estimate of drug-likeness (QED) is 0.789. The summed E-state index contributed by atoms with van der Waals surface area (Å²) in [5.41, 5.74) is 0.190.